The van der Waals surface area contributed by atoms with Gasteiger partial charge in [-0.3, -0.25) is 4.79 Å². The Morgan fingerprint density at radius 1 is 1.21 bits per heavy atom. The van der Waals surface area contributed by atoms with E-state index in [2.05, 4.69) is 5.32 Å². The minimum absolute atomic E-state index is 0.215. The number of anilines is 2. The lowest BCUT2D eigenvalue weighted by atomic mass is 10.2. The maximum atomic E-state index is 12.9. The number of fused-ring (bicyclic) bond motifs is 1. The van der Waals surface area contributed by atoms with E-state index in [1.807, 2.05) is 17.5 Å². The molecule has 0 aliphatic heterocycles. The molecule has 0 aliphatic carbocycles. The molecule has 0 bridgehead atoms. The lowest BCUT2D eigenvalue weighted by molar-refractivity contribution is 0.103. The van der Waals surface area contributed by atoms with Gasteiger partial charge in [-0.15, -0.1) is 22.7 Å². The van der Waals surface area contributed by atoms with Gasteiger partial charge >= 0.3 is 0 Å². The summed E-state index contributed by atoms with van der Waals surface area (Å²) in [7, 11) is 0. The Morgan fingerprint density at radius 3 is 2.79 bits per heavy atom. The number of hydrogen-bond acceptors (Lipinski definition) is 4. The Kier molecular flexibility index (Phi) is 2.96. The van der Waals surface area contributed by atoms with Gasteiger partial charge in [-0.25, -0.2) is 4.39 Å². The first kappa shape index (κ1) is 12.1. The Bertz CT molecular complexity index is 734. The highest BCUT2D eigenvalue weighted by molar-refractivity contribution is 7.27. The van der Waals surface area contributed by atoms with Crippen LogP contribution >= 0.6 is 22.7 Å². The van der Waals surface area contributed by atoms with Crippen molar-refractivity contribution in [3.05, 3.63) is 46.4 Å². The van der Waals surface area contributed by atoms with Gasteiger partial charge in [0.05, 0.1) is 16.3 Å². The third kappa shape index (κ3) is 2.32. The molecule has 1 aromatic carbocycles. The summed E-state index contributed by atoms with van der Waals surface area (Å²) < 4.78 is 15.1. The fourth-order valence-corrected chi connectivity index (χ4v) is 3.71. The second-order valence-corrected chi connectivity index (χ2v) is 5.98. The smallest absolute Gasteiger partial charge is 0.265 e. The van der Waals surface area contributed by atoms with E-state index in [0.29, 0.717) is 10.6 Å². The highest BCUT2D eigenvalue weighted by atomic mass is 32.1. The van der Waals surface area contributed by atoms with Crippen molar-refractivity contribution in [1.29, 1.82) is 0 Å². The molecule has 3 nitrogen and oxygen atoms in total. The monoisotopic (exact) mass is 292 g/mol. The van der Waals surface area contributed by atoms with E-state index < -0.39 is 5.82 Å². The van der Waals surface area contributed by atoms with Crippen LogP contribution in [0, 0.1) is 5.82 Å². The number of nitrogen functional groups attached to an aromatic ring is 1. The predicted molar refractivity (Wildman–Crippen MR) is 78.5 cm³/mol. The van der Waals surface area contributed by atoms with Crippen LogP contribution in [0.25, 0.3) is 9.40 Å². The van der Waals surface area contributed by atoms with E-state index >= 15 is 0 Å². The summed E-state index contributed by atoms with van der Waals surface area (Å²) in [6, 6.07) is 7.73. The molecule has 0 radical (unpaired) electrons. The largest absolute Gasteiger partial charge is 0.397 e. The second kappa shape index (κ2) is 4.64. The first-order chi connectivity index (χ1) is 9.13. The molecule has 96 valence electrons. The number of carbonyl (C=O) groups excluding carboxylic acids is 1. The number of hydrogen-bond donors (Lipinski definition) is 2. The number of rotatable bonds is 2. The summed E-state index contributed by atoms with van der Waals surface area (Å²) in [5, 5.41) is 4.68. The Hall–Kier alpha value is -1.92. The zero-order valence-electron chi connectivity index (χ0n) is 9.64. The molecule has 0 unspecified atom stereocenters. The van der Waals surface area contributed by atoms with E-state index in [-0.39, 0.29) is 11.6 Å². The van der Waals surface area contributed by atoms with Gasteiger partial charge in [0.2, 0.25) is 0 Å². The van der Waals surface area contributed by atoms with Gasteiger partial charge in [0.1, 0.15) is 5.82 Å². The first-order valence-corrected chi connectivity index (χ1v) is 7.16. The molecule has 0 saturated heterocycles. The summed E-state index contributed by atoms with van der Waals surface area (Å²) in [5.41, 5.74) is 6.29. The van der Waals surface area contributed by atoms with Gasteiger partial charge in [-0.2, -0.15) is 0 Å². The number of thiophene rings is 2. The fraction of sp³-hybridized carbons (Fsp3) is 0. The topological polar surface area (TPSA) is 55.1 Å². The van der Waals surface area contributed by atoms with Gasteiger partial charge in [-0.05, 0) is 35.7 Å². The van der Waals surface area contributed by atoms with Crippen LogP contribution in [0.2, 0.25) is 0 Å². The van der Waals surface area contributed by atoms with Crippen molar-refractivity contribution in [2.24, 2.45) is 0 Å². The van der Waals surface area contributed by atoms with Crippen LogP contribution in [-0.2, 0) is 0 Å². The van der Waals surface area contributed by atoms with Crippen LogP contribution in [0.5, 0.6) is 0 Å². The standard InChI is InChI=1S/C13H9FN2OS2/c14-7-1-2-9(8(15)5-7)16-13(17)12-6-11-10(19-12)3-4-18-11/h1-6H,15H2,(H,16,17). The summed E-state index contributed by atoms with van der Waals surface area (Å²) in [6.45, 7) is 0. The minimum atomic E-state index is -0.424. The first-order valence-electron chi connectivity index (χ1n) is 5.47. The summed E-state index contributed by atoms with van der Waals surface area (Å²) in [4.78, 5) is 12.7. The van der Waals surface area contributed by atoms with Crippen molar-refractivity contribution in [2.75, 3.05) is 11.1 Å². The van der Waals surface area contributed by atoms with Crippen molar-refractivity contribution in [3.63, 3.8) is 0 Å². The summed E-state index contributed by atoms with van der Waals surface area (Å²) in [5.74, 6) is -0.654. The molecule has 0 spiro atoms. The number of halogens is 1. The predicted octanol–water partition coefficient (Wildman–Crippen LogP) is 3.94. The third-order valence-electron chi connectivity index (χ3n) is 2.62. The number of benzene rings is 1. The zero-order chi connectivity index (χ0) is 13.4. The van der Waals surface area contributed by atoms with E-state index in [9.17, 15) is 9.18 Å². The average molecular weight is 292 g/mol. The number of carbonyl (C=O) groups is 1. The number of nitrogens with two attached hydrogens (primary N) is 1. The van der Waals surface area contributed by atoms with E-state index in [1.54, 1.807) is 11.3 Å². The SMILES string of the molecule is Nc1cc(F)ccc1NC(=O)c1cc2sccc2s1. The molecular weight excluding hydrogens is 283 g/mol. The molecule has 3 aromatic rings. The zero-order valence-corrected chi connectivity index (χ0v) is 11.3. The Morgan fingerprint density at radius 2 is 2.05 bits per heavy atom. The van der Waals surface area contributed by atoms with Gasteiger partial charge in [0.15, 0.2) is 0 Å². The van der Waals surface area contributed by atoms with Crippen LogP contribution < -0.4 is 11.1 Å². The van der Waals surface area contributed by atoms with Crippen LogP contribution in [0.1, 0.15) is 9.67 Å². The summed E-state index contributed by atoms with van der Waals surface area (Å²) >= 11 is 3.02. The molecule has 2 heterocycles. The Labute approximate surface area is 116 Å². The molecule has 0 saturated carbocycles. The van der Waals surface area contributed by atoms with Gasteiger partial charge < -0.3 is 11.1 Å². The molecule has 3 rings (SSSR count). The molecule has 0 atom stereocenters. The molecule has 3 N–H and O–H groups in total. The molecule has 0 fully saturated rings. The lowest BCUT2D eigenvalue weighted by Gasteiger charge is -2.06. The molecule has 1 amide bonds. The normalized spacial score (nSPS) is 10.8. The number of amides is 1. The minimum Gasteiger partial charge on any atom is -0.397 e. The Balaban J connectivity index is 1.86. The van der Waals surface area contributed by atoms with Crippen LogP contribution in [0.4, 0.5) is 15.8 Å². The average Bonchev–Trinajstić information content (AvgIpc) is 2.93. The third-order valence-corrected chi connectivity index (χ3v) is 4.72. The summed E-state index contributed by atoms with van der Waals surface area (Å²) in [6.07, 6.45) is 0. The molecule has 2 aromatic heterocycles. The molecule has 6 heteroatoms. The fourth-order valence-electron chi connectivity index (χ4n) is 1.71. The van der Waals surface area contributed by atoms with E-state index in [0.717, 1.165) is 9.40 Å². The van der Waals surface area contributed by atoms with Crippen LogP contribution in [-0.4, -0.2) is 5.91 Å². The maximum Gasteiger partial charge on any atom is 0.265 e. The number of nitrogens with one attached hydrogen (secondary N) is 1. The second-order valence-electron chi connectivity index (χ2n) is 3.95. The van der Waals surface area contributed by atoms with Crippen LogP contribution in [0.15, 0.2) is 35.7 Å². The van der Waals surface area contributed by atoms with Crippen molar-refractivity contribution >= 4 is 49.4 Å². The van der Waals surface area contributed by atoms with Crippen LogP contribution in [0.3, 0.4) is 0 Å². The van der Waals surface area contributed by atoms with E-state index in [4.69, 9.17) is 5.73 Å². The molecule has 19 heavy (non-hydrogen) atoms. The van der Waals surface area contributed by atoms with Crippen molar-refractivity contribution in [3.8, 4) is 0 Å². The highest BCUT2D eigenvalue weighted by Crippen LogP contribution is 2.30. The van der Waals surface area contributed by atoms with Crippen molar-refractivity contribution < 1.29 is 9.18 Å². The van der Waals surface area contributed by atoms with E-state index in [1.165, 1.54) is 29.5 Å². The molecular formula is C13H9FN2OS2. The molecule has 0 aliphatic rings. The lowest BCUT2D eigenvalue weighted by Crippen LogP contribution is -2.11. The maximum absolute atomic E-state index is 12.9. The van der Waals surface area contributed by atoms with Crippen molar-refractivity contribution in [2.45, 2.75) is 0 Å². The highest BCUT2D eigenvalue weighted by Gasteiger charge is 2.12. The van der Waals surface area contributed by atoms with Crippen molar-refractivity contribution in [1.82, 2.24) is 0 Å². The van der Waals surface area contributed by atoms with Gasteiger partial charge in [-0.1, -0.05) is 0 Å². The van der Waals surface area contributed by atoms with Gasteiger partial charge in [0, 0.05) is 9.40 Å². The van der Waals surface area contributed by atoms with Gasteiger partial charge in [0.25, 0.3) is 5.91 Å². The quantitative estimate of drug-likeness (QED) is 0.703.